The fourth-order valence-corrected chi connectivity index (χ4v) is 3.21. The van der Waals surface area contributed by atoms with Crippen molar-refractivity contribution in [1.29, 1.82) is 0 Å². The van der Waals surface area contributed by atoms with E-state index in [0.717, 1.165) is 39.6 Å². The SMILES string of the molecule is COc1ccc(COc2ccc(-c3ccccc3-n3cc(C)c(C)n3)cc2)cc1. The standard InChI is InChI=1S/C25H24N2O2/c1-18-16-27(26-19(18)2)25-7-5-4-6-24(25)21-10-14-23(15-11-21)29-17-20-8-12-22(28-3)13-9-20/h4-16H,17H2,1-3H3. The lowest BCUT2D eigenvalue weighted by molar-refractivity contribution is 0.306. The summed E-state index contributed by atoms with van der Waals surface area (Å²) < 4.78 is 13.1. The van der Waals surface area contributed by atoms with Gasteiger partial charge in [0.25, 0.3) is 0 Å². The summed E-state index contributed by atoms with van der Waals surface area (Å²) in [6, 6.07) is 24.4. The maximum absolute atomic E-state index is 5.93. The molecule has 0 aliphatic heterocycles. The third-order valence-electron chi connectivity index (χ3n) is 5.03. The largest absolute Gasteiger partial charge is 0.497 e. The van der Waals surface area contributed by atoms with Crippen LogP contribution in [0.4, 0.5) is 0 Å². The molecule has 0 fully saturated rings. The first-order valence-corrected chi connectivity index (χ1v) is 9.62. The van der Waals surface area contributed by atoms with Gasteiger partial charge < -0.3 is 9.47 Å². The fraction of sp³-hybridized carbons (Fsp3) is 0.160. The van der Waals surface area contributed by atoms with Crippen molar-refractivity contribution in [2.24, 2.45) is 0 Å². The van der Waals surface area contributed by atoms with Gasteiger partial charge in [0.1, 0.15) is 18.1 Å². The second-order valence-corrected chi connectivity index (χ2v) is 7.02. The first kappa shape index (κ1) is 18.8. The number of para-hydroxylation sites is 1. The van der Waals surface area contributed by atoms with Gasteiger partial charge in [0, 0.05) is 11.8 Å². The number of benzene rings is 3. The van der Waals surface area contributed by atoms with Crippen molar-refractivity contribution in [3.05, 3.63) is 95.8 Å². The Balaban J connectivity index is 1.52. The van der Waals surface area contributed by atoms with Crippen molar-refractivity contribution in [2.45, 2.75) is 20.5 Å². The summed E-state index contributed by atoms with van der Waals surface area (Å²) >= 11 is 0. The van der Waals surface area contributed by atoms with E-state index in [-0.39, 0.29) is 0 Å². The summed E-state index contributed by atoms with van der Waals surface area (Å²) in [5.41, 5.74) is 6.66. The van der Waals surface area contributed by atoms with Crippen LogP contribution in [0.1, 0.15) is 16.8 Å². The van der Waals surface area contributed by atoms with E-state index in [9.17, 15) is 0 Å². The molecule has 0 spiro atoms. The molecule has 0 aliphatic carbocycles. The first-order valence-electron chi connectivity index (χ1n) is 9.62. The van der Waals surface area contributed by atoms with Crippen molar-refractivity contribution in [3.8, 4) is 28.3 Å². The van der Waals surface area contributed by atoms with Gasteiger partial charge in [-0.2, -0.15) is 5.10 Å². The van der Waals surface area contributed by atoms with Gasteiger partial charge in [-0.3, -0.25) is 0 Å². The molecular formula is C25H24N2O2. The van der Waals surface area contributed by atoms with Crippen LogP contribution in [0.15, 0.2) is 79.0 Å². The van der Waals surface area contributed by atoms with Crippen LogP contribution in [0.5, 0.6) is 11.5 Å². The van der Waals surface area contributed by atoms with E-state index in [4.69, 9.17) is 9.47 Å². The van der Waals surface area contributed by atoms with Crippen LogP contribution in [0, 0.1) is 13.8 Å². The Morgan fingerprint density at radius 2 is 1.52 bits per heavy atom. The van der Waals surface area contributed by atoms with Crippen LogP contribution >= 0.6 is 0 Å². The fourth-order valence-electron chi connectivity index (χ4n) is 3.21. The summed E-state index contributed by atoms with van der Waals surface area (Å²) in [6.07, 6.45) is 2.07. The van der Waals surface area contributed by atoms with E-state index in [1.165, 1.54) is 5.56 Å². The van der Waals surface area contributed by atoms with Crippen molar-refractivity contribution >= 4 is 0 Å². The minimum absolute atomic E-state index is 0.520. The third-order valence-corrected chi connectivity index (χ3v) is 5.03. The van der Waals surface area contributed by atoms with Crippen molar-refractivity contribution in [2.75, 3.05) is 7.11 Å². The predicted molar refractivity (Wildman–Crippen MR) is 116 cm³/mol. The van der Waals surface area contributed by atoms with Crippen molar-refractivity contribution in [1.82, 2.24) is 9.78 Å². The van der Waals surface area contributed by atoms with E-state index < -0.39 is 0 Å². The van der Waals surface area contributed by atoms with Crippen LogP contribution in [0.2, 0.25) is 0 Å². The molecule has 0 N–H and O–H groups in total. The number of ether oxygens (including phenoxy) is 2. The smallest absolute Gasteiger partial charge is 0.119 e. The Labute approximate surface area is 171 Å². The molecule has 0 aliphatic rings. The molecular weight excluding hydrogens is 360 g/mol. The van der Waals surface area contributed by atoms with Crippen LogP contribution in [-0.4, -0.2) is 16.9 Å². The molecule has 1 aromatic heterocycles. The minimum atomic E-state index is 0.520. The molecule has 4 nitrogen and oxygen atoms in total. The van der Waals surface area contributed by atoms with Gasteiger partial charge in [-0.1, -0.05) is 42.5 Å². The van der Waals surface area contributed by atoms with Crippen molar-refractivity contribution in [3.63, 3.8) is 0 Å². The molecule has 4 heteroatoms. The zero-order chi connectivity index (χ0) is 20.2. The van der Waals surface area contributed by atoms with Gasteiger partial charge in [0.05, 0.1) is 18.5 Å². The number of nitrogens with zero attached hydrogens (tertiary/aromatic N) is 2. The van der Waals surface area contributed by atoms with E-state index in [1.54, 1.807) is 7.11 Å². The first-order chi connectivity index (χ1) is 14.1. The molecule has 0 amide bonds. The molecule has 0 saturated carbocycles. The summed E-state index contributed by atoms with van der Waals surface area (Å²) in [5, 5.41) is 4.64. The number of hydrogen-bond acceptors (Lipinski definition) is 3. The normalized spacial score (nSPS) is 10.7. The summed E-state index contributed by atoms with van der Waals surface area (Å²) in [5.74, 6) is 1.69. The van der Waals surface area contributed by atoms with Crippen molar-refractivity contribution < 1.29 is 9.47 Å². The maximum Gasteiger partial charge on any atom is 0.119 e. The quantitative estimate of drug-likeness (QED) is 0.425. The van der Waals surface area contributed by atoms with Crippen LogP contribution < -0.4 is 9.47 Å². The van der Waals surface area contributed by atoms with E-state index in [1.807, 2.05) is 54.1 Å². The van der Waals surface area contributed by atoms with E-state index >= 15 is 0 Å². The molecule has 4 aromatic rings. The van der Waals surface area contributed by atoms with Crippen LogP contribution in [-0.2, 0) is 6.61 Å². The Kier molecular flexibility index (Phi) is 5.34. The minimum Gasteiger partial charge on any atom is -0.497 e. The van der Waals surface area contributed by atoms with Crippen LogP contribution in [0.3, 0.4) is 0 Å². The molecule has 4 rings (SSSR count). The number of rotatable bonds is 6. The van der Waals surface area contributed by atoms with Gasteiger partial charge in [-0.15, -0.1) is 0 Å². The Hall–Kier alpha value is -3.53. The molecule has 29 heavy (non-hydrogen) atoms. The lowest BCUT2D eigenvalue weighted by atomic mass is 10.0. The van der Waals surface area contributed by atoms with E-state index in [0.29, 0.717) is 6.61 Å². The average molecular weight is 384 g/mol. The number of aryl methyl sites for hydroxylation is 2. The van der Waals surface area contributed by atoms with Gasteiger partial charge in [0.2, 0.25) is 0 Å². The molecule has 146 valence electrons. The van der Waals surface area contributed by atoms with E-state index in [2.05, 4.69) is 48.6 Å². The van der Waals surface area contributed by atoms with Crippen LogP contribution in [0.25, 0.3) is 16.8 Å². The van der Waals surface area contributed by atoms with Gasteiger partial charge in [-0.05, 0) is 60.9 Å². The highest BCUT2D eigenvalue weighted by atomic mass is 16.5. The lowest BCUT2D eigenvalue weighted by Crippen LogP contribution is -1.98. The summed E-state index contributed by atoms with van der Waals surface area (Å²) in [6.45, 7) is 4.63. The van der Waals surface area contributed by atoms with Gasteiger partial charge in [0.15, 0.2) is 0 Å². The van der Waals surface area contributed by atoms with Gasteiger partial charge in [-0.25, -0.2) is 4.68 Å². The topological polar surface area (TPSA) is 36.3 Å². The highest BCUT2D eigenvalue weighted by Gasteiger charge is 2.09. The zero-order valence-corrected chi connectivity index (χ0v) is 16.9. The molecule has 0 radical (unpaired) electrons. The molecule has 0 saturated heterocycles. The molecule has 1 heterocycles. The lowest BCUT2D eigenvalue weighted by Gasteiger charge is -2.11. The highest BCUT2D eigenvalue weighted by Crippen LogP contribution is 2.28. The third kappa shape index (κ3) is 4.16. The number of methoxy groups -OCH3 is 1. The second kappa shape index (κ2) is 8.23. The Morgan fingerprint density at radius 1 is 0.828 bits per heavy atom. The average Bonchev–Trinajstić information content (AvgIpc) is 3.11. The Morgan fingerprint density at radius 3 is 2.17 bits per heavy atom. The summed E-state index contributed by atoms with van der Waals surface area (Å²) in [7, 11) is 1.67. The molecule has 0 bridgehead atoms. The monoisotopic (exact) mass is 384 g/mol. The zero-order valence-electron chi connectivity index (χ0n) is 16.9. The maximum atomic E-state index is 5.93. The predicted octanol–water partition coefficient (Wildman–Crippen LogP) is 5.74. The molecule has 3 aromatic carbocycles. The molecule has 0 unspecified atom stereocenters. The number of hydrogen-bond donors (Lipinski definition) is 0. The Bertz CT molecular complexity index is 1080. The second-order valence-electron chi connectivity index (χ2n) is 7.02. The highest BCUT2D eigenvalue weighted by molar-refractivity contribution is 5.73. The van der Waals surface area contributed by atoms with Gasteiger partial charge >= 0.3 is 0 Å². The summed E-state index contributed by atoms with van der Waals surface area (Å²) in [4.78, 5) is 0. The molecule has 0 atom stereocenters. The number of aromatic nitrogens is 2.